The summed E-state index contributed by atoms with van der Waals surface area (Å²) in [6.45, 7) is 2.01. The van der Waals surface area contributed by atoms with Crippen LogP contribution < -0.4 is 10.2 Å². The van der Waals surface area contributed by atoms with Crippen molar-refractivity contribution in [3.8, 4) is 11.8 Å². The first-order chi connectivity index (χ1) is 14.6. The lowest BCUT2D eigenvalue weighted by molar-refractivity contribution is -0.115. The van der Waals surface area contributed by atoms with Crippen LogP contribution in [0.2, 0.25) is 0 Å². The minimum atomic E-state index is -0.372. The van der Waals surface area contributed by atoms with Gasteiger partial charge in [0.1, 0.15) is 5.75 Å². The van der Waals surface area contributed by atoms with Crippen LogP contribution in [0.15, 0.2) is 90.6 Å². The van der Waals surface area contributed by atoms with Crippen LogP contribution in [0.1, 0.15) is 35.7 Å². The lowest BCUT2D eigenvalue weighted by Crippen LogP contribution is -2.33. The number of amides is 1. The third-order valence-corrected chi connectivity index (χ3v) is 5.21. The fourth-order valence-electron chi connectivity index (χ4n) is 3.66. The van der Waals surface area contributed by atoms with Crippen LogP contribution in [0.5, 0.6) is 5.75 Å². The van der Waals surface area contributed by atoms with Crippen molar-refractivity contribution in [1.82, 2.24) is 5.32 Å². The molecule has 5 nitrogen and oxygen atoms in total. The van der Waals surface area contributed by atoms with E-state index in [0.29, 0.717) is 16.9 Å². The van der Waals surface area contributed by atoms with Crippen molar-refractivity contribution < 1.29 is 9.90 Å². The van der Waals surface area contributed by atoms with Crippen molar-refractivity contribution in [2.24, 2.45) is 0 Å². The summed E-state index contributed by atoms with van der Waals surface area (Å²) in [5.74, 6) is -0.0111. The van der Waals surface area contributed by atoms with Gasteiger partial charge in [0, 0.05) is 11.7 Å². The van der Waals surface area contributed by atoms with Crippen molar-refractivity contribution in [3.63, 3.8) is 0 Å². The van der Waals surface area contributed by atoms with E-state index in [1.807, 2.05) is 49.4 Å². The molecule has 5 heteroatoms. The maximum atomic E-state index is 13.4. The molecule has 0 radical (unpaired) electrons. The van der Waals surface area contributed by atoms with E-state index < -0.39 is 0 Å². The molecule has 3 aromatic carbocycles. The smallest absolute Gasteiger partial charge is 0.274 e. The average molecular weight is 395 g/mol. The molecule has 3 aromatic rings. The standard InChI is InChI=1S/C25H21N3O2/c1-17(19-6-3-2-4-7-19)27-23-15-24(20-8-5-9-22(29)14-20)28(25(23)30)21-12-10-18(16-26)11-13-21/h2-15,17,24,27,29H,1H3/t17-,24+/m1/s1. The molecule has 4 rings (SSSR count). The van der Waals surface area contributed by atoms with E-state index in [1.54, 1.807) is 47.4 Å². The number of anilines is 1. The first-order valence-electron chi connectivity index (χ1n) is 9.73. The van der Waals surface area contributed by atoms with Gasteiger partial charge in [-0.2, -0.15) is 5.26 Å². The molecule has 1 aliphatic heterocycles. The van der Waals surface area contributed by atoms with Crippen molar-refractivity contribution in [2.75, 3.05) is 4.90 Å². The summed E-state index contributed by atoms with van der Waals surface area (Å²) in [4.78, 5) is 15.0. The maximum Gasteiger partial charge on any atom is 0.274 e. The number of nitrogens with one attached hydrogen (secondary N) is 1. The fourth-order valence-corrected chi connectivity index (χ4v) is 3.66. The van der Waals surface area contributed by atoms with Gasteiger partial charge in [-0.25, -0.2) is 0 Å². The van der Waals surface area contributed by atoms with Crippen LogP contribution in [0.3, 0.4) is 0 Å². The molecule has 148 valence electrons. The van der Waals surface area contributed by atoms with E-state index in [2.05, 4.69) is 11.4 Å². The van der Waals surface area contributed by atoms with E-state index in [-0.39, 0.29) is 23.7 Å². The highest BCUT2D eigenvalue weighted by atomic mass is 16.3. The predicted octanol–water partition coefficient (Wildman–Crippen LogP) is 4.59. The van der Waals surface area contributed by atoms with Crippen molar-refractivity contribution in [3.05, 3.63) is 107 Å². The Kier molecular flexibility index (Phi) is 5.23. The molecule has 0 aromatic heterocycles. The van der Waals surface area contributed by atoms with Gasteiger partial charge in [0.2, 0.25) is 0 Å². The van der Waals surface area contributed by atoms with Gasteiger partial charge in [0.05, 0.1) is 23.4 Å². The molecule has 0 spiro atoms. The predicted molar refractivity (Wildman–Crippen MR) is 116 cm³/mol. The Balaban J connectivity index is 1.70. The minimum Gasteiger partial charge on any atom is -0.508 e. The van der Waals surface area contributed by atoms with E-state index in [9.17, 15) is 9.90 Å². The molecule has 1 aliphatic rings. The lowest BCUT2D eigenvalue weighted by Gasteiger charge is -2.25. The maximum absolute atomic E-state index is 13.4. The lowest BCUT2D eigenvalue weighted by atomic mass is 10.1. The number of nitriles is 1. The van der Waals surface area contributed by atoms with E-state index >= 15 is 0 Å². The molecule has 0 saturated heterocycles. The number of carbonyl (C=O) groups is 1. The zero-order valence-electron chi connectivity index (χ0n) is 16.5. The quantitative estimate of drug-likeness (QED) is 0.663. The van der Waals surface area contributed by atoms with Gasteiger partial charge in [-0.05, 0) is 60.5 Å². The normalized spacial score (nSPS) is 16.7. The van der Waals surface area contributed by atoms with Gasteiger partial charge in [0.25, 0.3) is 5.91 Å². The molecular formula is C25H21N3O2. The highest BCUT2D eigenvalue weighted by Gasteiger charge is 2.35. The Labute approximate surface area is 175 Å². The Hall–Kier alpha value is -4.04. The van der Waals surface area contributed by atoms with Crippen LogP contribution in [0.4, 0.5) is 5.69 Å². The van der Waals surface area contributed by atoms with Crippen LogP contribution in [0.25, 0.3) is 0 Å². The van der Waals surface area contributed by atoms with Crippen molar-refractivity contribution in [1.29, 1.82) is 5.26 Å². The number of carbonyl (C=O) groups excluding carboxylic acids is 1. The molecule has 0 bridgehead atoms. The summed E-state index contributed by atoms with van der Waals surface area (Å²) in [7, 11) is 0. The largest absolute Gasteiger partial charge is 0.508 e. The number of benzene rings is 3. The number of aromatic hydroxyl groups is 1. The summed E-state index contributed by atoms with van der Waals surface area (Å²) >= 11 is 0. The Morgan fingerprint density at radius 1 is 1.03 bits per heavy atom. The topological polar surface area (TPSA) is 76.4 Å². The first-order valence-corrected chi connectivity index (χ1v) is 9.73. The zero-order chi connectivity index (χ0) is 21.1. The van der Waals surface area contributed by atoms with E-state index in [4.69, 9.17) is 5.26 Å². The highest BCUT2D eigenvalue weighted by molar-refractivity contribution is 6.08. The highest BCUT2D eigenvalue weighted by Crippen LogP contribution is 2.36. The van der Waals surface area contributed by atoms with Crippen LogP contribution in [-0.2, 0) is 4.79 Å². The summed E-state index contributed by atoms with van der Waals surface area (Å²) < 4.78 is 0. The molecule has 0 unspecified atom stereocenters. The molecule has 2 N–H and O–H groups in total. The monoisotopic (exact) mass is 395 g/mol. The fraction of sp³-hybridized carbons (Fsp3) is 0.120. The summed E-state index contributed by atoms with van der Waals surface area (Å²) in [6.07, 6.45) is 1.88. The second-order valence-corrected chi connectivity index (χ2v) is 7.23. The number of hydrogen-bond acceptors (Lipinski definition) is 4. The Morgan fingerprint density at radius 2 is 1.77 bits per heavy atom. The van der Waals surface area contributed by atoms with E-state index in [1.165, 1.54) is 0 Å². The summed E-state index contributed by atoms with van der Waals surface area (Å²) in [5.41, 5.74) is 3.61. The third-order valence-electron chi connectivity index (χ3n) is 5.21. The van der Waals surface area contributed by atoms with Crippen LogP contribution >= 0.6 is 0 Å². The Morgan fingerprint density at radius 3 is 2.43 bits per heavy atom. The van der Waals surface area contributed by atoms with Gasteiger partial charge in [0.15, 0.2) is 0 Å². The second kappa shape index (κ2) is 8.14. The second-order valence-electron chi connectivity index (χ2n) is 7.23. The van der Waals surface area contributed by atoms with Crippen molar-refractivity contribution >= 4 is 11.6 Å². The number of phenols is 1. The molecule has 2 atom stereocenters. The van der Waals surface area contributed by atoms with Crippen LogP contribution in [0, 0.1) is 11.3 Å². The number of rotatable bonds is 5. The Bertz CT molecular complexity index is 1130. The molecule has 0 aliphatic carbocycles. The van der Waals surface area contributed by atoms with Crippen molar-refractivity contribution in [2.45, 2.75) is 19.0 Å². The SMILES string of the molecule is C[C@@H](NC1=C[C@@H](c2cccc(O)c2)N(c2ccc(C#N)cc2)C1=O)c1ccccc1. The summed E-state index contributed by atoms with van der Waals surface area (Å²) in [5, 5.41) is 22.4. The summed E-state index contributed by atoms with van der Waals surface area (Å²) in [6, 6.07) is 25.4. The van der Waals surface area contributed by atoms with Gasteiger partial charge in [-0.1, -0.05) is 42.5 Å². The van der Waals surface area contributed by atoms with Gasteiger partial charge < -0.3 is 10.4 Å². The van der Waals surface area contributed by atoms with Gasteiger partial charge in [-0.3, -0.25) is 9.69 Å². The first kappa shape index (κ1) is 19.3. The minimum absolute atomic E-state index is 0.0489. The third kappa shape index (κ3) is 3.76. The van der Waals surface area contributed by atoms with Gasteiger partial charge >= 0.3 is 0 Å². The number of nitrogens with zero attached hydrogens (tertiary/aromatic N) is 2. The molecule has 30 heavy (non-hydrogen) atoms. The van der Waals surface area contributed by atoms with Gasteiger partial charge in [-0.15, -0.1) is 0 Å². The van der Waals surface area contributed by atoms with E-state index in [0.717, 1.165) is 11.1 Å². The average Bonchev–Trinajstić information content (AvgIpc) is 3.10. The number of hydrogen-bond donors (Lipinski definition) is 2. The molecule has 0 saturated carbocycles. The molecule has 0 fully saturated rings. The molecule has 1 heterocycles. The number of phenolic OH excluding ortho intramolecular Hbond substituents is 1. The zero-order valence-corrected chi connectivity index (χ0v) is 16.5. The van der Waals surface area contributed by atoms with Crippen LogP contribution in [-0.4, -0.2) is 11.0 Å². The molecular weight excluding hydrogens is 374 g/mol. The molecule has 1 amide bonds.